The number of fused-ring (bicyclic) bond motifs is 2. The lowest BCUT2D eigenvalue weighted by Crippen LogP contribution is -2.36. The molecule has 0 atom stereocenters. The summed E-state index contributed by atoms with van der Waals surface area (Å²) in [6, 6.07) is 12.6. The second-order valence-corrected chi connectivity index (χ2v) is 5.91. The number of carbonyl (C=O) groups excluding carboxylic acids is 1. The third-order valence-electron chi connectivity index (χ3n) is 3.57. The molecule has 0 saturated carbocycles. The molecule has 2 aromatic rings. The molecule has 2 aromatic carbocycles. The van der Waals surface area contributed by atoms with Gasteiger partial charge in [0.05, 0.1) is 11.3 Å². The maximum Gasteiger partial charge on any atom is 0.262 e. The number of hydrogen-bond acceptors (Lipinski definition) is 3. The number of likely N-dealkylation sites (N-methyl/N-ethyl adjacent to an activating group) is 1. The number of amides is 1. The molecule has 0 saturated heterocycles. The third kappa shape index (κ3) is 2.80. The predicted molar refractivity (Wildman–Crippen MR) is 88.2 cm³/mol. The van der Waals surface area contributed by atoms with Crippen molar-refractivity contribution >= 4 is 23.2 Å². The minimum absolute atomic E-state index is 0.0569. The zero-order chi connectivity index (χ0) is 15.7. The van der Waals surface area contributed by atoms with Crippen molar-refractivity contribution < 1.29 is 9.53 Å². The van der Waals surface area contributed by atoms with Crippen molar-refractivity contribution in [3.8, 4) is 11.5 Å². The Morgan fingerprint density at radius 1 is 1.14 bits per heavy atom. The molecule has 0 N–H and O–H groups in total. The van der Waals surface area contributed by atoms with Crippen LogP contribution in [0.5, 0.6) is 11.5 Å². The summed E-state index contributed by atoms with van der Waals surface area (Å²) in [7, 11) is 3.96. The first kappa shape index (κ1) is 14.9. The van der Waals surface area contributed by atoms with Crippen LogP contribution in [0.3, 0.4) is 0 Å². The number of carbonyl (C=O) groups is 1. The Labute approximate surface area is 134 Å². The Morgan fingerprint density at radius 3 is 2.68 bits per heavy atom. The molecule has 1 aliphatic rings. The summed E-state index contributed by atoms with van der Waals surface area (Å²) in [5, 5.41) is 0.582. The molecule has 0 radical (unpaired) electrons. The number of hydrogen-bond donors (Lipinski definition) is 0. The predicted octanol–water partition coefficient (Wildman–Crippen LogP) is 3.65. The minimum Gasteiger partial charge on any atom is -0.454 e. The quantitative estimate of drug-likeness (QED) is 0.866. The van der Waals surface area contributed by atoms with E-state index in [2.05, 4.69) is 0 Å². The van der Waals surface area contributed by atoms with Gasteiger partial charge < -0.3 is 14.5 Å². The maximum atomic E-state index is 12.9. The molecular formula is C17H17ClN2O2. The van der Waals surface area contributed by atoms with Crippen molar-refractivity contribution in [2.24, 2.45) is 0 Å². The van der Waals surface area contributed by atoms with Gasteiger partial charge >= 0.3 is 0 Å². The molecule has 3 rings (SSSR count). The molecule has 1 heterocycles. The number of para-hydroxylation sites is 1. The van der Waals surface area contributed by atoms with Gasteiger partial charge in [0, 0.05) is 24.2 Å². The van der Waals surface area contributed by atoms with Crippen LogP contribution < -0.4 is 9.64 Å². The van der Waals surface area contributed by atoms with Crippen LogP contribution >= 0.6 is 11.6 Å². The van der Waals surface area contributed by atoms with Crippen LogP contribution in [0.15, 0.2) is 42.5 Å². The zero-order valence-corrected chi connectivity index (χ0v) is 13.3. The van der Waals surface area contributed by atoms with E-state index in [4.69, 9.17) is 16.3 Å². The van der Waals surface area contributed by atoms with Crippen LogP contribution in [-0.2, 0) is 0 Å². The van der Waals surface area contributed by atoms with E-state index in [1.807, 2.05) is 37.2 Å². The fraction of sp³-hybridized carbons (Fsp3) is 0.235. The molecule has 0 spiro atoms. The molecule has 0 unspecified atom stereocenters. The average molecular weight is 317 g/mol. The van der Waals surface area contributed by atoms with E-state index >= 15 is 0 Å². The molecule has 22 heavy (non-hydrogen) atoms. The Hall–Kier alpha value is -2.04. The van der Waals surface area contributed by atoms with Crippen molar-refractivity contribution in [1.29, 1.82) is 0 Å². The average Bonchev–Trinajstić information content (AvgIpc) is 2.59. The molecule has 114 valence electrons. The van der Waals surface area contributed by atoms with Crippen molar-refractivity contribution in [3.63, 3.8) is 0 Å². The normalized spacial score (nSPS) is 13.5. The van der Waals surface area contributed by atoms with Crippen LogP contribution in [-0.4, -0.2) is 38.0 Å². The van der Waals surface area contributed by atoms with Gasteiger partial charge in [0.25, 0.3) is 5.91 Å². The molecular weight excluding hydrogens is 300 g/mol. The number of nitrogens with zero attached hydrogens (tertiary/aromatic N) is 2. The summed E-state index contributed by atoms with van der Waals surface area (Å²) in [5.74, 6) is 1.10. The summed E-state index contributed by atoms with van der Waals surface area (Å²) in [6.45, 7) is 1.34. The molecule has 1 amide bonds. The van der Waals surface area contributed by atoms with Crippen molar-refractivity contribution in [3.05, 3.63) is 53.1 Å². The Morgan fingerprint density at radius 2 is 1.91 bits per heavy atom. The first-order chi connectivity index (χ1) is 10.6. The van der Waals surface area contributed by atoms with E-state index in [0.29, 0.717) is 28.6 Å². The Bertz CT molecular complexity index is 716. The molecule has 0 aromatic heterocycles. The van der Waals surface area contributed by atoms with Crippen LogP contribution in [0.4, 0.5) is 5.69 Å². The van der Waals surface area contributed by atoms with Crippen LogP contribution in [0, 0.1) is 0 Å². The first-order valence-electron chi connectivity index (χ1n) is 7.09. The van der Waals surface area contributed by atoms with E-state index in [9.17, 15) is 4.79 Å². The topological polar surface area (TPSA) is 32.8 Å². The van der Waals surface area contributed by atoms with Gasteiger partial charge in [0.15, 0.2) is 5.75 Å². The highest BCUT2D eigenvalue weighted by atomic mass is 35.5. The molecule has 4 nitrogen and oxygen atoms in total. The monoisotopic (exact) mass is 316 g/mol. The SMILES string of the molecule is CN(C)CCN1C(=O)c2ccccc2Oc2cc(Cl)ccc21. The summed E-state index contributed by atoms with van der Waals surface area (Å²) >= 11 is 6.08. The summed E-state index contributed by atoms with van der Waals surface area (Å²) < 4.78 is 5.93. The Kier molecular flexibility index (Phi) is 4.05. The van der Waals surface area contributed by atoms with Gasteiger partial charge in [-0.3, -0.25) is 4.79 Å². The smallest absolute Gasteiger partial charge is 0.262 e. The van der Waals surface area contributed by atoms with Gasteiger partial charge in [-0.2, -0.15) is 0 Å². The van der Waals surface area contributed by atoms with Gasteiger partial charge in [0.1, 0.15) is 5.75 Å². The van der Waals surface area contributed by atoms with E-state index < -0.39 is 0 Å². The largest absolute Gasteiger partial charge is 0.454 e. The van der Waals surface area contributed by atoms with E-state index in [1.54, 1.807) is 29.2 Å². The van der Waals surface area contributed by atoms with Gasteiger partial charge in [-0.05, 0) is 38.4 Å². The fourth-order valence-corrected chi connectivity index (χ4v) is 2.58. The maximum absolute atomic E-state index is 12.9. The van der Waals surface area contributed by atoms with Gasteiger partial charge in [0.2, 0.25) is 0 Å². The number of ether oxygens (including phenoxy) is 1. The zero-order valence-electron chi connectivity index (χ0n) is 12.5. The van der Waals surface area contributed by atoms with Crippen molar-refractivity contribution in [2.75, 3.05) is 32.1 Å². The molecule has 1 aliphatic heterocycles. The summed E-state index contributed by atoms with van der Waals surface area (Å²) in [4.78, 5) is 16.7. The minimum atomic E-state index is -0.0569. The second kappa shape index (κ2) is 5.99. The van der Waals surface area contributed by atoms with E-state index in [0.717, 1.165) is 12.2 Å². The lowest BCUT2D eigenvalue weighted by atomic mass is 10.1. The highest BCUT2D eigenvalue weighted by molar-refractivity contribution is 6.31. The number of anilines is 1. The van der Waals surface area contributed by atoms with Gasteiger partial charge in [-0.15, -0.1) is 0 Å². The van der Waals surface area contributed by atoms with E-state index in [-0.39, 0.29) is 5.91 Å². The van der Waals surface area contributed by atoms with Crippen molar-refractivity contribution in [1.82, 2.24) is 4.90 Å². The second-order valence-electron chi connectivity index (χ2n) is 5.47. The highest BCUT2D eigenvalue weighted by Crippen LogP contribution is 2.40. The summed E-state index contributed by atoms with van der Waals surface area (Å²) in [5.41, 5.74) is 1.31. The van der Waals surface area contributed by atoms with Gasteiger partial charge in [-0.25, -0.2) is 0 Å². The lowest BCUT2D eigenvalue weighted by Gasteiger charge is -2.23. The van der Waals surface area contributed by atoms with Crippen LogP contribution in [0.2, 0.25) is 5.02 Å². The molecule has 5 heteroatoms. The standard InChI is InChI=1S/C17H17ClN2O2/c1-19(2)9-10-20-14-8-7-12(18)11-16(14)22-15-6-4-3-5-13(15)17(20)21/h3-8,11H,9-10H2,1-2H3. The highest BCUT2D eigenvalue weighted by Gasteiger charge is 2.27. The third-order valence-corrected chi connectivity index (χ3v) is 3.80. The lowest BCUT2D eigenvalue weighted by molar-refractivity contribution is 0.0985. The summed E-state index contributed by atoms with van der Waals surface area (Å²) in [6.07, 6.45) is 0. The van der Waals surface area contributed by atoms with Gasteiger partial charge in [-0.1, -0.05) is 23.7 Å². The number of benzene rings is 2. The van der Waals surface area contributed by atoms with E-state index in [1.165, 1.54) is 0 Å². The van der Waals surface area contributed by atoms with Crippen LogP contribution in [0.1, 0.15) is 10.4 Å². The Balaban J connectivity index is 2.10. The number of halogens is 1. The molecule has 0 aliphatic carbocycles. The number of rotatable bonds is 3. The molecule has 0 bridgehead atoms. The van der Waals surface area contributed by atoms with Crippen LogP contribution in [0.25, 0.3) is 0 Å². The molecule has 0 fully saturated rings. The van der Waals surface area contributed by atoms with Crippen molar-refractivity contribution in [2.45, 2.75) is 0 Å². The first-order valence-corrected chi connectivity index (χ1v) is 7.47. The fourth-order valence-electron chi connectivity index (χ4n) is 2.42.